The molecule has 0 amide bonds. The van der Waals surface area contributed by atoms with Crippen molar-refractivity contribution in [3.63, 3.8) is 0 Å². The van der Waals surface area contributed by atoms with Crippen LogP contribution in [0.1, 0.15) is 0 Å². The number of aliphatic hydroxyl groups is 2. The summed E-state index contributed by atoms with van der Waals surface area (Å²) in [6, 6.07) is 0. The average molecular weight is 237 g/mol. The minimum atomic E-state index is -0.690. The first kappa shape index (κ1) is 15.8. The summed E-state index contributed by atoms with van der Waals surface area (Å²) in [4.78, 5) is 0. The topological polar surface area (TPSA) is 63.9 Å². The van der Waals surface area contributed by atoms with E-state index in [0.717, 1.165) is 5.06 Å². The second-order valence-corrected chi connectivity index (χ2v) is 6.07. The molecule has 0 rings (SSSR count). The Morgan fingerprint density at radius 1 is 0.812 bits per heavy atom. The highest BCUT2D eigenvalue weighted by atomic mass is 16.5. The number of nitrogens with zero attached hydrogens (tertiary/aromatic N) is 3. The van der Waals surface area contributed by atoms with Crippen molar-refractivity contribution in [2.75, 3.05) is 55.4 Å². The van der Waals surface area contributed by atoms with E-state index in [4.69, 9.17) is 0 Å². The maximum atomic E-state index is 9.76. The van der Waals surface area contributed by atoms with Crippen LogP contribution in [0.3, 0.4) is 0 Å². The van der Waals surface area contributed by atoms with E-state index < -0.39 is 12.5 Å². The predicted molar refractivity (Wildman–Crippen MR) is 61.4 cm³/mol. The SMILES string of the molecule is C[N+](C)(C)C(O)CN(O)CC(O)[N+](C)(C)C. The molecule has 6 nitrogen and oxygen atoms in total. The zero-order chi connectivity index (χ0) is 13.1. The molecule has 0 aliphatic rings. The van der Waals surface area contributed by atoms with Crippen LogP contribution in [0.15, 0.2) is 0 Å². The van der Waals surface area contributed by atoms with E-state index in [2.05, 4.69) is 0 Å². The third-order valence-electron chi connectivity index (χ3n) is 2.54. The number of aliphatic hydroxyl groups excluding tert-OH is 2. The van der Waals surface area contributed by atoms with Crippen LogP contribution in [0, 0.1) is 0 Å². The summed E-state index contributed by atoms with van der Waals surface area (Å²) >= 11 is 0. The Bertz CT molecular complexity index is 188. The second-order valence-electron chi connectivity index (χ2n) is 6.07. The van der Waals surface area contributed by atoms with Gasteiger partial charge < -0.3 is 24.4 Å². The van der Waals surface area contributed by atoms with Crippen LogP contribution >= 0.6 is 0 Å². The summed E-state index contributed by atoms with van der Waals surface area (Å²) in [5, 5.41) is 30.1. The van der Waals surface area contributed by atoms with E-state index in [9.17, 15) is 15.4 Å². The monoisotopic (exact) mass is 237 g/mol. The Hall–Kier alpha value is -0.240. The Balaban J connectivity index is 4.15. The van der Waals surface area contributed by atoms with Gasteiger partial charge in [-0.1, -0.05) is 0 Å². The Morgan fingerprint density at radius 3 is 1.25 bits per heavy atom. The van der Waals surface area contributed by atoms with Gasteiger partial charge in [0, 0.05) is 0 Å². The highest BCUT2D eigenvalue weighted by Gasteiger charge is 2.27. The van der Waals surface area contributed by atoms with E-state index in [1.165, 1.54) is 0 Å². The van der Waals surface area contributed by atoms with Crippen LogP contribution < -0.4 is 0 Å². The summed E-state index contributed by atoms with van der Waals surface area (Å²) in [6.07, 6.45) is -1.38. The molecule has 0 aromatic carbocycles. The van der Waals surface area contributed by atoms with Gasteiger partial charge in [-0.05, 0) is 0 Å². The predicted octanol–water partition coefficient (Wildman–Crippen LogP) is -1.27. The van der Waals surface area contributed by atoms with Gasteiger partial charge in [0.25, 0.3) is 0 Å². The molecular weight excluding hydrogens is 210 g/mol. The average Bonchev–Trinajstić information content (AvgIpc) is 1.99. The summed E-state index contributed by atoms with van der Waals surface area (Å²) in [5.41, 5.74) is 0. The van der Waals surface area contributed by atoms with Gasteiger partial charge in [0.2, 0.25) is 12.5 Å². The standard InChI is InChI=1S/C10H27N3O3/c1-12(2,3)9(14)7-11(16)8-10(15)13(4,5)6/h9-10,14-16H,7-8H2,1-6H3/q+2. The van der Waals surface area contributed by atoms with E-state index in [0.29, 0.717) is 8.97 Å². The van der Waals surface area contributed by atoms with Crippen molar-refractivity contribution in [3.05, 3.63) is 0 Å². The van der Waals surface area contributed by atoms with Crippen molar-refractivity contribution in [1.29, 1.82) is 0 Å². The molecule has 0 saturated heterocycles. The normalized spacial score (nSPS) is 17.6. The molecule has 0 bridgehead atoms. The molecule has 0 radical (unpaired) electrons. The Kier molecular flexibility index (Phi) is 5.31. The smallest absolute Gasteiger partial charge is 0.205 e. The van der Waals surface area contributed by atoms with Gasteiger partial charge in [-0.3, -0.25) is 0 Å². The molecule has 98 valence electrons. The molecule has 2 atom stereocenters. The van der Waals surface area contributed by atoms with Gasteiger partial charge in [-0.25, -0.2) is 0 Å². The molecule has 16 heavy (non-hydrogen) atoms. The highest BCUT2D eigenvalue weighted by molar-refractivity contribution is 4.51. The maximum Gasteiger partial charge on any atom is 0.205 e. The third-order valence-corrected chi connectivity index (χ3v) is 2.54. The van der Waals surface area contributed by atoms with Gasteiger partial charge in [0.05, 0.1) is 42.3 Å². The zero-order valence-electron chi connectivity index (χ0n) is 11.3. The first-order valence-corrected chi connectivity index (χ1v) is 5.37. The minimum absolute atomic E-state index is 0.112. The first-order chi connectivity index (χ1) is 6.94. The van der Waals surface area contributed by atoms with Gasteiger partial charge in [0.15, 0.2) is 0 Å². The molecule has 0 heterocycles. The number of quaternary nitrogens is 2. The molecule has 6 heteroatoms. The van der Waals surface area contributed by atoms with E-state index in [-0.39, 0.29) is 13.1 Å². The number of hydroxylamine groups is 2. The van der Waals surface area contributed by atoms with Crippen LogP contribution in [-0.2, 0) is 0 Å². The Labute approximate surface area is 98.1 Å². The lowest BCUT2D eigenvalue weighted by Gasteiger charge is -2.34. The molecule has 0 aromatic heterocycles. The molecule has 0 fully saturated rings. The fraction of sp³-hybridized carbons (Fsp3) is 1.00. The number of rotatable bonds is 6. The lowest BCUT2D eigenvalue weighted by molar-refractivity contribution is -0.922. The lowest BCUT2D eigenvalue weighted by atomic mass is 10.4. The fourth-order valence-corrected chi connectivity index (χ4v) is 0.941. The molecule has 0 aliphatic heterocycles. The highest BCUT2D eigenvalue weighted by Crippen LogP contribution is 2.04. The minimum Gasteiger partial charge on any atom is -0.344 e. The van der Waals surface area contributed by atoms with Crippen molar-refractivity contribution in [2.45, 2.75) is 12.5 Å². The quantitative estimate of drug-likeness (QED) is 0.306. The van der Waals surface area contributed by atoms with E-state index >= 15 is 0 Å². The van der Waals surface area contributed by atoms with Gasteiger partial charge in [-0.15, -0.1) is 0 Å². The Morgan fingerprint density at radius 2 is 1.06 bits per heavy atom. The fourth-order valence-electron chi connectivity index (χ4n) is 0.941. The van der Waals surface area contributed by atoms with Gasteiger partial charge >= 0.3 is 0 Å². The number of hydrogen-bond acceptors (Lipinski definition) is 4. The van der Waals surface area contributed by atoms with Crippen LogP contribution in [0.4, 0.5) is 0 Å². The van der Waals surface area contributed by atoms with Gasteiger partial charge in [0.1, 0.15) is 13.1 Å². The van der Waals surface area contributed by atoms with Crippen molar-refractivity contribution < 1.29 is 24.4 Å². The molecule has 0 saturated carbocycles. The molecule has 2 unspecified atom stereocenters. The third kappa shape index (κ3) is 5.74. The summed E-state index contributed by atoms with van der Waals surface area (Å²) in [7, 11) is 11.1. The molecule has 3 N–H and O–H groups in total. The van der Waals surface area contributed by atoms with E-state index in [1.807, 2.05) is 42.3 Å². The number of likely N-dealkylation sites (N-methyl/N-ethyl adjacent to an activating group) is 2. The molecule has 0 spiro atoms. The summed E-state index contributed by atoms with van der Waals surface area (Å²) in [5.74, 6) is 0. The van der Waals surface area contributed by atoms with Crippen molar-refractivity contribution in [3.8, 4) is 0 Å². The van der Waals surface area contributed by atoms with Crippen LogP contribution in [0.5, 0.6) is 0 Å². The first-order valence-electron chi connectivity index (χ1n) is 5.37. The van der Waals surface area contributed by atoms with Gasteiger partial charge in [-0.2, -0.15) is 5.06 Å². The van der Waals surface area contributed by atoms with Crippen molar-refractivity contribution >= 4 is 0 Å². The zero-order valence-corrected chi connectivity index (χ0v) is 11.3. The van der Waals surface area contributed by atoms with Crippen LogP contribution in [0.25, 0.3) is 0 Å². The van der Waals surface area contributed by atoms with Crippen LogP contribution in [0.2, 0.25) is 0 Å². The number of hydrogen-bond donors (Lipinski definition) is 3. The summed E-state index contributed by atoms with van der Waals surface area (Å²) < 4.78 is 0.690. The largest absolute Gasteiger partial charge is 0.344 e. The van der Waals surface area contributed by atoms with E-state index in [1.54, 1.807) is 0 Å². The molecule has 0 aliphatic carbocycles. The molecular formula is C10H27N3O3+2. The van der Waals surface area contributed by atoms with Crippen LogP contribution in [-0.4, -0.2) is 97.3 Å². The lowest BCUT2D eigenvalue weighted by Crippen LogP contribution is -2.54. The van der Waals surface area contributed by atoms with Crippen molar-refractivity contribution in [1.82, 2.24) is 5.06 Å². The molecule has 0 aromatic rings. The maximum absolute atomic E-state index is 9.76. The summed E-state index contributed by atoms with van der Waals surface area (Å²) in [6.45, 7) is 0.223. The second kappa shape index (κ2) is 5.39. The van der Waals surface area contributed by atoms with Crippen molar-refractivity contribution in [2.24, 2.45) is 0 Å².